The number of carbonyl (C=O) groups excluding carboxylic acids is 2. The first kappa shape index (κ1) is 23.5. The number of non-ortho nitro benzene ring substituents is 1. The van der Waals surface area contributed by atoms with Crippen LogP contribution in [0.25, 0.3) is 0 Å². The summed E-state index contributed by atoms with van der Waals surface area (Å²) in [5.41, 5.74) is 0.892. The molecule has 0 atom stereocenters. The summed E-state index contributed by atoms with van der Waals surface area (Å²) in [7, 11) is 0. The van der Waals surface area contributed by atoms with Gasteiger partial charge >= 0.3 is 0 Å². The number of benzene rings is 2. The molecule has 0 fully saturated rings. The predicted molar refractivity (Wildman–Crippen MR) is 111 cm³/mol. The summed E-state index contributed by atoms with van der Waals surface area (Å²) in [5, 5.41) is 39.0. The normalized spacial score (nSPS) is 10.8. The van der Waals surface area contributed by atoms with Crippen molar-refractivity contribution in [3.8, 4) is 0 Å². The summed E-state index contributed by atoms with van der Waals surface area (Å²) in [6, 6.07) is 8.45. The number of anilines is 1. The molecule has 0 aliphatic heterocycles. The third-order valence-corrected chi connectivity index (χ3v) is 3.99. The van der Waals surface area contributed by atoms with E-state index >= 15 is 0 Å². The molecule has 0 aromatic heterocycles. The lowest BCUT2D eigenvalue weighted by molar-refractivity contribution is -0.394. The van der Waals surface area contributed by atoms with Crippen LogP contribution in [0.2, 0.25) is 0 Å². The Kier molecular flexibility index (Phi) is 7.60. The largest absolute Gasteiger partial charge is 0.320 e. The van der Waals surface area contributed by atoms with Gasteiger partial charge in [-0.05, 0) is 19.1 Å². The number of hydrazone groups is 1. The second kappa shape index (κ2) is 10.3. The highest BCUT2D eigenvalue weighted by Gasteiger charge is 2.21. The van der Waals surface area contributed by atoms with Crippen molar-refractivity contribution in [2.45, 2.75) is 19.8 Å². The molecular formula is C18H16N6O8. The first-order valence-corrected chi connectivity index (χ1v) is 8.85. The van der Waals surface area contributed by atoms with Crippen LogP contribution in [-0.2, 0) is 16.0 Å². The third kappa shape index (κ3) is 6.38. The van der Waals surface area contributed by atoms with Crippen LogP contribution in [0.5, 0.6) is 0 Å². The molecule has 0 saturated heterocycles. The van der Waals surface area contributed by atoms with Crippen molar-refractivity contribution < 1.29 is 24.4 Å². The van der Waals surface area contributed by atoms with Crippen molar-refractivity contribution in [2.24, 2.45) is 5.10 Å². The Morgan fingerprint density at radius 1 is 0.906 bits per heavy atom. The highest BCUT2D eigenvalue weighted by atomic mass is 16.6. The molecular weight excluding hydrogens is 428 g/mol. The lowest BCUT2D eigenvalue weighted by Crippen LogP contribution is -2.23. The smallest absolute Gasteiger partial charge is 0.292 e. The molecule has 2 N–H and O–H groups in total. The minimum atomic E-state index is -0.836. The molecule has 0 bridgehead atoms. The van der Waals surface area contributed by atoms with Crippen LogP contribution < -0.4 is 10.7 Å². The van der Waals surface area contributed by atoms with Gasteiger partial charge in [-0.25, -0.2) is 5.43 Å². The summed E-state index contributed by atoms with van der Waals surface area (Å²) < 4.78 is 0. The van der Waals surface area contributed by atoms with E-state index in [0.717, 1.165) is 18.2 Å². The number of amides is 2. The lowest BCUT2D eigenvalue weighted by Gasteiger charge is -2.06. The molecule has 166 valence electrons. The average Bonchev–Trinajstić information content (AvgIpc) is 2.72. The first-order valence-electron chi connectivity index (χ1n) is 8.85. The number of rotatable bonds is 9. The van der Waals surface area contributed by atoms with Crippen molar-refractivity contribution >= 4 is 40.3 Å². The molecule has 0 aliphatic carbocycles. The van der Waals surface area contributed by atoms with Gasteiger partial charge < -0.3 is 5.32 Å². The number of nitro benzene ring substituents is 3. The number of para-hydroxylation sites is 2. The highest BCUT2D eigenvalue weighted by Crippen LogP contribution is 2.25. The second-order valence-corrected chi connectivity index (χ2v) is 6.39. The van der Waals surface area contributed by atoms with Crippen LogP contribution in [-0.4, -0.2) is 32.3 Å². The Hall–Kier alpha value is -4.75. The Labute approximate surface area is 179 Å². The SMILES string of the molecule is CC(CC(=O)Nc1ccccc1[N+](=O)[O-])=NNC(=O)Cc1ccc([N+](=O)[O-])cc1[N+](=O)[O-]. The van der Waals surface area contributed by atoms with Crippen LogP contribution in [0.15, 0.2) is 47.6 Å². The van der Waals surface area contributed by atoms with Crippen molar-refractivity contribution in [3.63, 3.8) is 0 Å². The van der Waals surface area contributed by atoms with Gasteiger partial charge in [-0.15, -0.1) is 0 Å². The molecule has 14 heteroatoms. The molecule has 32 heavy (non-hydrogen) atoms. The number of hydrogen-bond donors (Lipinski definition) is 2. The minimum absolute atomic E-state index is 0.00446. The Morgan fingerprint density at radius 3 is 2.19 bits per heavy atom. The molecule has 14 nitrogen and oxygen atoms in total. The Morgan fingerprint density at radius 2 is 1.56 bits per heavy atom. The van der Waals surface area contributed by atoms with Gasteiger partial charge in [0.2, 0.25) is 11.8 Å². The van der Waals surface area contributed by atoms with E-state index in [4.69, 9.17) is 0 Å². The van der Waals surface area contributed by atoms with E-state index in [1.54, 1.807) is 0 Å². The van der Waals surface area contributed by atoms with E-state index in [2.05, 4.69) is 15.8 Å². The summed E-state index contributed by atoms with van der Waals surface area (Å²) in [4.78, 5) is 54.7. The fourth-order valence-corrected chi connectivity index (χ4v) is 2.56. The molecule has 2 rings (SSSR count). The Bertz CT molecular complexity index is 1130. The number of carbonyl (C=O) groups is 2. The van der Waals surface area contributed by atoms with Crippen molar-refractivity contribution in [3.05, 3.63) is 78.4 Å². The molecule has 2 aromatic rings. The maximum Gasteiger partial charge on any atom is 0.292 e. The highest BCUT2D eigenvalue weighted by molar-refractivity contribution is 6.06. The summed E-state index contributed by atoms with van der Waals surface area (Å²) in [5.74, 6) is -1.36. The van der Waals surface area contributed by atoms with Crippen molar-refractivity contribution in [1.82, 2.24) is 5.43 Å². The molecule has 0 aliphatic rings. The molecule has 0 heterocycles. The van der Waals surface area contributed by atoms with Gasteiger partial charge in [-0.1, -0.05) is 12.1 Å². The van der Waals surface area contributed by atoms with E-state index in [9.17, 15) is 39.9 Å². The summed E-state index contributed by atoms with van der Waals surface area (Å²) in [6.45, 7) is 1.42. The van der Waals surface area contributed by atoms with Crippen LogP contribution >= 0.6 is 0 Å². The molecule has 0 saturated carbocycles. The second-order valence-electron chi connectivity index (χ2n) is 6.39. The van der Waals surface area contributed by atoms with Crippen molar-refractivity contribution in [2.75, 3.05) is 5.32 Å². The van der Waals surface area contributed by atoms with Gasteiger partial charge in [0.25, 0.3) is 17.1 Å². The quantitative estimate of drug-likeness (QED) is 0.333. The topological polar surface area (TPSA) is 200 Å². The van der Waals surface area contributed by atoms with E-state index in [1.807, 2.05) is 0 Å². The maximum absolute atomic E-state index is 12.1. The molecule has 0 spiro atoms. The van der Waals surface area contributed by atoms with Gasteiger partial charge in [-0.2, -0.15) is 5.10 Å². The zero-order valence-corrected chi connectivity index (χ0v) is 16.5. The number of nitrogens with zero attached hydrogens (tertiary/aromatic N) is 4. The van der Waals surface area contributed by atoms with Gasteiger partial charge in [0.15, 0.2) is 0 Å². The lowest BCUT2D eigenvalue weighted by atomic mass is 10.1. The average molecular weight is 444 g/mol. The van der Waals surface area contributed by atoms with Crippen LogP contribution in [0.3, 0.4) is 0 Å². The summed E-state index contributed by atoms with van der Waals surface area (Å²) >= 11 is 0. The van der Waals surface area contributed by atoms with E-state index in [0.29, 0.717) is 0 Å². The van der Waals surface area contributed by atoms with Crippen LogP contribution in [0.4, 0.5) is 22.7 Å². The number of nitrogens with one attached hydrogen (secondary N) is 2. The predicted octanol–water partition coefficient (Wildman–Crippen LogP) is 2.47. The summed E-state index contributed by atoms with van der Waals surface area (Å²) in [6.07, 6.45) is -0.766. The van der Waals surface area contributed by atoms with Crippen LogP contribution in [0.1, 0.15) is 18.9 Å². The third-order valence-electron chi connectivity index (χ3n) is 3.99. The number of nitro groups is 3. The van der Waals surface area contributed by atoms with E-state index < -0.39 is 44.4 Å². The van der Waals surface area contributed by atoms with E-state index in [1.165, 1.54) is 31.2 Å². The molecule has 0 unspecified atom stereocenters. The zero-order chi connectivity index (χ0) is 23.8. The zero-order valence-electron chi connectivity index (χ0n) is 16.5. The maximum atomic E-state index is 12.1. The minimum Gasteiger partial charge on any atom is -0.320 e. The molecule has 2 aromatic carbocycles. The van der Waals surface area contributed by atoms with E-state index in [-0.39, 0.29) is 29.1 Å². The molecule has 0 radical (unpaired) electrons. The standard InChI is InChI=1S/C18H16N6O8/c1-11(8-17(25)19-14-4-2-3-5-15(14)23(29)30)20-21-18(26)9-12-6-7-13(22(27)28)10-16(12)24(31)32/h2-7,10H,8-9H2,1H3,(H,19,25)(H,21,26). The van der Waals surface area contributed by atoms with Gasteiger partial charge in [0.05, 0.1) is 33.7 Å². The van der Waals surface area contributed by atoms with Gasteiger partial charge in [0, 0.05) is 23.4 Å². The Balaban J connectivity index is 1.99. The van der Waals surface area contributed by atoms with Crippen molar-refractivity contribution in [1.29, 1.82) is 0 Å². The fourth-order valence-electron chi connectivity index (χ4n) is 2.56. The fraction of sp³-hybridized carbons (Fsp3) is 0.167. The van der Waals surface area contributed by atoms with Crippen LogP contribution in [0, 0.1) is 30.3 Å². The van der Waals surface area contributed by atoms with Gasteiger partial charge in [-0.3, -0.25) is 39.9 Å². The monoisotopic (exact) mass is 444 g/mol. The first-order chi connectivity index (χ1) is 15.1. The number of hydrogen-bond acceptors (Lipinski definition) is 9. The molecule has 2 amide bonds. The van der Waals surface area contributed by atoms with Gasteiger partial charge in [0.1, 0.15) is 5.69 Å².